The van der Waals surface area contributed by atoms with E-state index >= 15 is 0 Å². The lowest BCUT2D eigenvalue weighted by atomic mass is 9.91. The maximum atomic E-state index is 12.8. The molecule has 4 heterocycles. The molecule has 8 rings (SSSR count). The van der Waals surface area contributed by atoms with Crippen molar-refractivity contribution in [2.75, 3.05) is 66.2 Å². The summed E-state index contributed by atoms with van der Waals surface area (Å²) < 4.78 is 0. The van der Waals surface area contributed by atoms with Crippen molar-refractivity contribution >= 4 is 40.5 Å². The minimum Gasteiger partial charge on any atom is -0.383 e. The van der Waals surface area contributed by atoms with Crippen molar-refractivity contribution in [3.63, 3.8) is 0 Å². The standard InChI is InChI=1S/C26H33N5O2.C26H32N4O2/c1-18(26(33)27-24-17-23(28-29-24)20-9-10-20)21-6-4-7-22(16-21)19-11-14-31(15-12-19)25(32)8-5-13-30(2)3;1-18(25(31)17-23-16-24(28-27-23)22-8-9-22)19-4-6-20(7-5-19)21-10-14-30(15-11-21)26(32)12-13-29(2)3/h4-8,11,16-18,20H,9-10,12-15H2,1-3H3,(H2,27,28,29,33);4-7,10,12-13,16,18,22H,8-9,11,14-15,17H2,1-3H3,(H,27,28)/b8-5+;13-12+/t;18-/m.0/s1. The number of likely N-dealkylation sites (N-methyl/N-ethyl adjacent to an activating group) is 1. The molecule has 13 heteroatoms. The second-order valence-electron chi connectivity index (χ2n) is 18.4. The number of nitrogens with zero attached hydrogens (tertiary/aromatic N) is 6. The molecule has 0 saturated heterocycles. The average molecular weight is 880 g/mol. The first kappa shape index (κ1) is 46.6. The van der Waals surface area contributed by atoms with Gasteiger partial charge in [0, 0.05) is 107 Å². The third kappa shape index (κ3) is 13.1. The van der Waals surface area contributed by atoms with Gasteiger partial charge in [-0.15, -0.1) is 0 Å². The molecule has 2 aliphatic carbocycles. The molecule has 2 aromatic carbocycles. The van der Waals surface area contributed by atoms with Crippen LogP contribution in [0.1, 0.15) is 115 Å². The van der Waals surface area contributed by atoms with Crippen LogP contribution < -0.4 is 5.32 Å². The third-order valence-electron chi connectivity index (χ3n) is 12.6. The number of carbonyl (C=O) groups is 4. The van der Waals surface area contributed by atoms with Crippen LogP contribution >= 0.6 is 0 Å². The molecule has 0 bridgehead atoms. The number of H-pyrrole nitrogens is 2. The molecule has 13 nitrogen and oxygen atoms in total. The molecule has 0 spiro atoms. The Balaban J connectivity index is 0.000000194. The van der Waals surface area contributed by atoms with E-state index in [0.29, 0.717) is 50.3 Å². The number of ketones is 1. The molecule has 4 aliphatic rings. The number of Topliss-reactive ketones (excluding diaryl/α,β-unsaturated/α-hetero) is 1. The predicted molar refractivity (Wildman–Crippen MR) is 257 cm³/mol. The second kappa shape index (κ2) is 21.6. The van der Waals surface area contributed by atoms with Crippen LogP contribution in [0.5, 0.6) is 0 Å². The Bertz CT molecular complexity index is 2430. The quantitative estimate of drug-likeness (QED) is 0.0972. The van der Waals surface area contributed by atoms with Gasteiger partial charge < -0.3 is 24.9 Å². The molecule has 3 N–H and O–H groups in total. The van der Waals surface area contributed by atoms with Crippen LogP contribution in [0.3, 0.4) is 0 Å². The molecule has 2 aromatic heterocycles. The van der Waals surface area contributed by atoms with Crippen molar-refractivity contribution in [1.29, 1.82) is 0 Å². The number of aromatic nitrogens is 4. The molecule has 2 fully saturated rings. The van der Waals surface area contributed by atoms with Crippen molar-refractivity contribution in [3.8, 4) is 0 Å². The van der Waals surface area contributed by atoms with Gasteiger partial charge in [-0.2, -0.15) is 10.2 Å². The fourth-order valence-electron chi connectivity index (χ4n) is 8.02. The first-order valence-electron chi connectivity index (χ1n) is 23.1. The Morgan fingerprint density at radius 3 is 2.03 bits per heavy atom. The number of hydrogen-bond acceptors (Lipinski definition) is 8. The predicted octanol–water partition coefficient (Wildman–Crippen LogP) is 7.66. The fourth-order valence-corrected chi connectivity index (χ4v) is 8.02. The number of aromatic amines is 2. The summed E-state index contributed by atoms with van der Waals surface area (Å²) in [5.41, 5.74) is 9.84. The van der Waals surface area contributed by atoms with Gasteiger partial charge in [0.05, 0.1) is 11.6 Å². The topological polar surface area (TPSA) is 151 Å². The zero-order valence-electron chi connectivity index (χ0n) is 38.8. The average Bonchev–Trinajstić information content (AvgIpc) is 4.26. The zero-order valence-corrected chi connectivity index (χ0v) is 38.8. The highest BCUT2D eigenvalue weighted by molar-refractivity contribution is 5.95. The van der Waals surface area contributed by atoms with E-state index in [0.717, 1.165) is 58.7 Å². The number of benzene rings is 2. The number of rotatable bonds is 16. The highest BCUT2D eigenvalue weighted by atomic mass is 16.2. The minimum absolute atomic E-state index is 0.0400. The molecule has 342 valence electrons. The molecular weight excluding hydrogens is 815 g/mol. The van der Waals surface area contributed by atoms with Gasteiger partial charge in [0.2, 0.25) is 17.7 Å². The Kier molecular flexibility index (Phi) is 15.5. The molecule has 1 unspecified atom stereocenters. The number of carbonyl (C=O) groups excluding carboxylic acids is 4. The van der Waals surface area contributed by atoms with Crippen LogP contribution in [-0.4, -0.2) is 124 Å². The Hall–Kier alpha value is -6.34. The highest BCUT2D eigenvalue weighted by Gasteiger charge is 2.28. The van der Waals surface area contributed by atoms with Gasteiger partial charge in [-0.1, -0.05) is 73.7 Å². The van der Waals surface area contributed by atoms with Crippen LogP contribution in [-0.2, 0) is 25.6 Å². The molecule has 0 radical (unpaired) electrons. The van der Waals surface area contributed by atoms with Crippen molar-refractivity contribution in [2.24, 2.45) is 0 Å². The van der Waals surface area contributed by atoms with Crippen molar-refractivity contribution in [3.05, 3.63) is 137 Å². The van der Waals surface area contributed by atoms with Crippen molar-refractivity contribution in [1.82, 2.24) is 40.0 Å². The van der Waals surface area contributed by atoms with Crippen LogP contribution in [0, 0.1) is 0 Å². The van der Waals surface area contributed by atoms with Crippen LogP contribution in [0.15, 0.2) is 97.2 Å². The van der Waals surface area contributed by atoms with Gasteiger partial charge >= 0.3 is 0 Å². The normalized spacial score (nSPS) is 17.3. The summed E-state index contributed by atoms with van der Waals surface area (Å²) >= 11 is 0. The van der Waals surface area contributed by atoms with E-state index in [4.69, 9.17) is 0 Å². The van der Waals surface area contributed by atoms with E-state index in [2.05, 4.69) is 74.3 Å². The lowest BCUT2D eigenvalue weighted by molar-refractivity contribution is -0.126. The first-order chi connectivity index (χ1) is 31.3. The summed E-state index contributed by atoms with van der Waals surface area (Å²) in [4.78, 5) is 57.8. The summed E-state index contributed by atoms with van der Waals surface area (Å²) in [5.74, 6) is 1.51. The first-order valence-corrected chi connectivity index (χ1v) is 23.1. The van der Waals surface area contributed by atoms with Crippen molar-refractivity contribution < 1.29 is 19.2 Å². The monoisotopic (exact) mass is 880 g/mol. The van der Waals surface area contributed by atoms with Crippen LogP contribution in [0.2, 0.25) is 0 Å². The van der Waals surface area contributed by atoms with E-state index in [1.165, 1.54) is 36.8 Å². The fraction of sp³-hybridized carbons (Fsp3) is 0.423. The van der Waals surface area contributed by atoms with E-state index in [-0.39, 0.29) is 35.3 Å². The molecule has 2 saturated carbocycles. The van der Waals surface area contributed by atoms with Gasteiger partial charge in [-0.05, 0) is 99.0 Å². The minimum atomic E-state index is -0.296. The molecule has 4 aromatic rings. The summed E-state index contributed by atoms with van der Waals surface area (Å²) in [6.07, 6.45) is 18.0. The molecular formula is C52H65N9O4. The van der Waals surface area contributed by atoms with E-state index in [9.17, 15) is 19.2 Å². The summed E-state index contributed by atoms with van der Waals surface area (Å²) in [6.45, 7) is 7.27. The second-order valence-corrected chi connectivity index (χ2v) is 18.4. The Labute approximate surface area is 383 Å². The highest BCUT2D eigenvalue weighted by Crippen LogP contribution is 2.40. The van der Waals surface area contributed by atoms with Gasteiger partial charge in [0.25, 0.3) is 0 Å². The van der Waals surface area contributed by atoms with E-state index in [1.807, 2.05) is 92.0 Å². The Morgan fingerprint density at radius 2 is 1.42 bits per heavy atom. The summed E-state index contributed by atoms with van der Waals surface area (Å²) in [5, 5.41) is 17.6. The maximum absolute atomic E-state index is 12.8. The van der Waals surface area contributed by atoms with Gasteiger partial charge in [0.15, 0.2) is 5.82 Å². The SMILES string of the molecule is CC(C(=O)Nc1cc(C2CC2)[nH]n1)c1cccc(C2=CCN(C(=O)/C=C/CN(C)C)CC2)c1.C[C@H](C(=O)Cc1cc(C2CC2)n[nH]1)c1ccc(C2=CCN(C(=O)/C=C/N(C)C)CC2)cc1. The van der Waals surface area contributed by atoms with Gasteiger partial charge in [-0.25, -0.2) is 0 Å². The van der Waals surface area contributed by atoms with Crippen molar-refractivity contribution in [2.45, 2.75) is 82.5 Å². The Morgan fingerprint density at radius 1 is 0.754 bits per heavy atom. The number of hydrogen-bond donors (Lipinski definition) is 3. The largest absolute Gasteiger partial charge is 0.383 e. The molecule has 2 aliphatic heterocycles. The van der Waals surface area contributed by atoms with E-state index in [1.54, 1.807) is 18.4 Å². The molecule has 2 atom stereocenters. The summed E-state index contributed by atoms with van der Waals surface area (Å²) in [6, 6.07) is 20.4. The van der Waals surface area contributed by atoms with Crippen LogP contribution in [0.25, 0.3) is 11.1 Å². The number of amides is 3. The maximum Gasteiger partial charge on any atom is 0.248 e. The zero-order chi connectivity index (χ0) is 46.0. The third-order valence-corrected chi connectivity index (χ3v) is 12.6. The molecule has 3 amide bonds. The number of nitrogens with one attached hydrogen (secondary N) is 3. The van der Waals surface area contributed by atoms with Crippen LogP contribution in [0.4, 0.5) is 5.82 Å². The van der Waals surface area contributed by atoms with Gasteiger partial charge in [-0.3, -0.25) is 29.4 Å². The molecule has 65 heavy (non-hydrogen) atoms. The van der Waals surface area contributed by atoms with E-state index < -0.39 is 0 Å². The lowest BCUT2D eigenvalue weighted by Crippen LogP contribution is -2.33. The number of anilines is 1. The summed E-state index contributed by atoms with van der Waals surface area (Å²) in [7, 11) is 7.76. The lowest BCUT2D eigenvalue weighted by Gasteiger charge is -2.26. The van der Waals surface area contributed by atoms with Gasteiger partial charge in [0.1, 0.15) is 5.78 Å². The smallest absolute Gasteiger partial charge is 0.248 e.